The van der Waals surface area contributed by atoms with Crippen LogP contribution < -0.4 is 5.32 Å². The number of urea groups is 1. The molecule has 0 heterocycles. The van der Waals surface area contributed by atoms with Crippen LogP contribution in [-0.4, -0.2) is 52.9 Å². The zero-order chi connectivity index (χ0) is 13.0. The minimum Gasteiger partial charge on any atom is -0.480 e. The van der Waals surface area contributed by atoms with Gasteiger partial charge in [-0.25, -0.2) is 9.59 Å². The smallest absolute Gasteiger partial charge is 0.328 e. The molecule has 0 unspecified atom stereocenters. The minimum absolute atomic E-state index is 0.454. The number of nitrogens with one attached hydrogen (secondary N) is 1. The first-order valence-corrected chi connectivity index (χ1v) is 5.84. The van der Waals surface area contributed by atoms with E-state index < -0.39 is 24.1 Å². The molecular weight excluding hydrogens is 224 g/mol. The highest BCUT2D eigenvalue weighted by molar-refractivity contribution is 5.82. The lowest BCUT2D eigenvalue weighted by Crippen LogP contribution is -2.52. The second-order valence-corrected chi connectivity index (χ2v) is 4.68. The van der Waals surface area contributed by atoms with E-state index in [1.807, 2.05) is 0 Å². The van der Waals surface area contributed by atoms with Gasteiger partial charge in [-0.05, 0) is 25.7 Å². The number of hydrogen-bond donors (Lipinski definition) is 3. The SMILES string of the molecule is C[C@@H](O)[C@H](NC(=O)N(C)CC1CCC1)C(=O)O. The van der Waals surface area contributed by atoms with Gasteiger partial charge in [-0.15, -0.1) is 0 Å². The zero-order valence-corrected chi connectivity index (χ0v) is 10.2. The molecule has 6 nitrogen and oxygen atoms in total. The molecule has 6 heteroatoms. The lowest BCUT2D eigenvalue weighted by molar-refractivity contribution is -0.141. The van der Waals surface area contributed by atoms with Gasteiger partial charge in [-0.3, -0.25) is 0 Å². The lowest BCUT2D eigenvalue weighted by atomic mass is 9.85. The number of rotatable bonds is 5. The third-order valence-electron chi connectivity index (χ3n) is 3.13. The Kier molecular flexibility index (Phi) is 4.74. The highest BCUT2D eigenvalue weighted by atomic mass is 16.4. The number of nitrogens with zero attached hydrogens (tertiary/aromatic N) is 1. The fourth-order valence-corrected chi connectivity index (χ4v) is 1.78. The molecule has 0 radical (unpaired) electrons. The Morgan fingerprint density at radius 3 is 2.41 bits per heavy atom. The van der Waals surface area contributed by atoms with E-state index >= 15 is 0 Å². The maximum Gasteiger partial charge on any atom is 0.328 e. The van der Waals surface area contributed by atoms with Crippen molar-refractivity contribution in [2.24, 2.45) is 5.92 Å². The van der Waals surface area contributed by atoms with Gasteiger partial charge in [0.2, 0.25) is 0 Å². The molecule has 1 aliphatic rings. The molecule has 2 amide bonds. The van der Waals surface area contributed by atoms with E-state index in [0.29, 0.717) is 12.5 Å². The maximum absolute atomic E-state index is 11.7. The number of carboxylic acids is 1. The van der Waals surface area contributed by atoms with Crippen LogP contribution in [0, 0.1) is 5.92 Å². The van der Waals surface area contributed by atoms with Crippen LogP contribution in [0.15, 0.2) is 0 Å². The molecule has 0 aromatic carbocycles. The fraction of sp³-hybridized carbons (Fsp3) is 0.818. The number of carbonyl (C=O) groups excluding carboxylic acids is 1. The maximum atomic E-state index is 11.7. The van der Waals surface area contributed by atoms with Crippen LogP contribution in [0.5, 0.6) is 0 Å². The Bertz CT molecular complexity index is 289. The molecule has 0 aliphatic heterocycles. The van der Waals surface area contributed by atoms with Crippen LogP contribution in [0.2, 0.25) is 0 Å². The van der Waals surface area contributed by atoms with Crippen LogP contribution in [-0.2, 0) is 4.79 Å². The number of amides is 2. The average Bonchev–Trinajstić information content (AvgIpc) is 2.18. The van der Waals surface area contributed by atoms with Crippen molar-refractivity contribution in [2.45, 2.75) is 38.3 Å². The second-order valence-electron chi connectivity index (χ2n) is 4.68. The molecule has 0 saturated heterocycles. The molecular formula is C11H20N2O4. The van der Waals surface area contributed by atoms with E-state index in [4.69, 9.17) is 5.11 Å². The summed E-state index contributed by atoms with van der Waals surface area (Å²) in [5.74, 6) is -0.703. The van der Waals surface area contributed by atoms with E-state index in [1.165, 1.54) is 18.2 Å². The van der Waals surface area contributed by atoms with Crippen molar-refractivity contribution in [3.8, 4) is 0 Å². The summed E-state index contributed by atoms with van der Waals surface area (Å²) in [6.07, 6.45) is 2.33. The molecule has 1 aliphatic carbocycles. The highest BCUT2D eigenvalue weighted by Crippen LogP contribution is 2.26. The quantitative estimate of drug-likeness (QED) is 0.647. The summed E-state index contributed by atoms with van der Waals surface area (Å²) < 4.78 is 0. The van der Waals surface area contributed by atoms with Crippen LogP contribution in [0.25, 0.3) is 0 Å². The van der Waals surface area contributed by atoms with Crippen LogP contribution in [0.1, 0.15) is 26.2 Å². The average molecular weight is 244 g/mol. The molecule has 3 N–H and O–H groups in total. The van der Waals surface area contributed by atoms with Gasteiger partial charge < -0.3 is 20.4 Å². The second kappa shape index (κ2) is 5.86. The molecule has 0 aromatic rings. The first-order chi connectivity index (χ1) is 7.91. The van der Waals surface area contributed by atoms with Crippen molar-refractivity contribution in [3.63, 3.8) is 0 Å². The minimum atomic E-state index is -1.26. The van der Waals surface area contributed by atoms with E-state index in [0.717, 1.165) is 12.8 Å². The Morgan fingerprint density at radius 2 is 2.06 bits per heavy atom. The number of aliphatic carboxylic acids is 1. The predicted molar refractivity (Wildman–Crippen MR) is 61.6 cm³/mol. The van der Waals surface area contributed by atoms with Gasteiger partial charge in [-0.1, -0.05) is 6.42 Å². The van der Waals surface area contributed by atoms with Gasteiger partial charge in [-0.2, -0.15) is 0 Å². The van der Waals surface area contributed by atoms with Crippen molar-refractivity contribution >= 4 is 12.0 Å². The summed E-state index contributed by atoms with van der Waals surface area (Å²) in [5, 5.41) is 20.4. The van der Waals surface area contributed by atoms with E-state index in [1.54, 1.807) is 7.05 Å². The number of hydrogen-bond acceptors (Lipinski definition) is 3. The van der Waals surface area contributed by atoms with Crippen LogP contribution >= 0.6 is 0 Å². The van der Waals surface area contributed by atoms with Crippen LogP contribution in [0.4, 0.5) is 4.79 Å². The normalized spacial score (nSPS) is 19.0. The topological polar surface area (TPSA) is 89.9 Å². The molecule has 0 spiro atoms. The first-order valence-electron chi connectivity index (χ1n) is 5.84. The molecule has 2 atom stereocenters. The lowest BCUT2D eigenvalue weighted by Gasteiger charge is -2.31. The molecule has 1 saturated carbocycles. The molecule has 1 rings (SSSR count). The Hall–Kier alpha value is -1.30. The van der Waals surface area contributed by atoms with Gasteiger partial charge in [0.1, 0.15) is 0 Å². The van der Waals surface area contributed by atoms with Gasteiger partial charge in [0.05, 0.1) is 6.10 Å². The Morgan fingerprint density at radius 1 is 1.47 bits per heavy atom. The highest BCUT2D eigenvalue weighted by Gasteiger charge is 2.27. The summed E-state index contributed by atoms with van der Waals surface area (Å²) in [5.41, 5.74) is 0. The van der Waals surface area contributed by atoms with Crippen molar-refractivity contribution < 1.29 is 19.8 Å². The van der Waals surface area contributed by atoms with E-state index in [9.17, 15) is 14.7 Å². The van der Waals surface area contributed by atoms with Crippen LogP contribution in [0.3, 0.4) is 0 Å². The number of aliphatic hydroxyl groups is 1. The van der Waals surface area contributed by atoms with Crippen molar-refractivity contribution in [2.75, 3.05) is 13.6 Å². The van der Waals surface area contributed by atoms with Gasteiger partial charge in [0.25, 0.3) is 0 Å². The summed E-state index contributed by atoms with van der Waals surface area (Å²) in [6.45, 7) is 1.98. The first kappa shape index (κ1) is 13.8. The fourth-order valence-electron chi connectivity index (χ4n) is 1.78. The Balaban J connectivity index is 2.42. The van der Waals surface area contributed by atoms with Crippen molar-refractivity contribution in [1.82, 2.24) is 10.2 Å². The standard InChI is InChI=1S/C11H20N2O4/c1-7(14)9(10(15)16)12-11(17)13(2)6-8-4-3-5-8/h7-9,14H,3-6H2,1-2H3,(H,12,17)(H,15,16)/t7-,9+/m1/s1. The van der Waals surface area contributed by atoms with E-state index in [2.05, 4.69) is 5.32 Å². The third kappa shape index (κ3) is 3.89. The van der Waals surface area contributed by atoms with Gasteiger partial charge >= 0.3 is 12.0 Å². The molecule has 0 bridgehead atoms. The zero-order valence-electron chi connectivity index (χ0n) is 10.2. The number of carbonyl (C=O) groups is 2. The number of aliphatic hydroxyl groups excluding tert-OH is 1. The summed E-state index contributed by atoms with van der Waals surface area (Å²) in [6, 6.07) is -1.71. The summed E-state index contributed by atoms with van der Waals surface area (Å²) in [7, 11) is 1.63. The summed E-state index contributed by atoms with van der Waals surface area (Å²) >= 11 is 0. The van der Waals surface area contributed by atoms with Crippen molar-refractivity contribution in [1.29, 1.82) is 0 Å². The molecule has 98 valence electrons. The molecule has 17 heavy (non-hydrogen) atoms. The van der Waals surface area contributed by atoms with Crippen molar-refractivity contribution in [3.05, 3.63) is 0 Å². The third-order valence-corrected chi connectivity index (χ3v) is 3.13. The summed E-state index contributed by atoms with van der Waals surface area (Å²) in [4.78, 5) is 23.9. The largest absolute Gasteiger partial charge is 0.480 e. The van der Waals surface area contributed by atoms with Gasteiger partial charge in [0.15, 0.2) is 6.04 Å². The number of carboxylic acid groups (broad SMARTS) is 1. The predicted octanol–water partition coefficient (Wildman–Crippen LogP) is 0.262. The van der Waals surface area contributed by atoms with Gasteiger partial charge in [0, 0.05) is 13.6 Å². The monoisotopic (exact) mass is 244 g/mol. The Labute approximate surface area is 101 Å². The molecule has 1 fully saturated rings. The van der Waals surface area contributed by atoms with E-state index in [-0.39, 0.29) is 0 Å². The molecule has 0 aromatic heterocycles.